The Morgan fingerprint density at radius 1 is 1.37 bits per heavy atom. The van der Waals surface area contributed by atoms with E-state index in [4.69, 9.17) is 5.84 Å². The summed E-state index contributed by atoms with van der Waals surface area (Å²) >= 11 is 0. The van der Waals surface area contributed by atoms with Gasteiger partial charge in [-0.3, -0.25) is 5.01 Å². The van der Waals surface area contributed by atoms with Crippen LogP contribution in [0.5, 0.6) is 0 Å². The zero-order valence-corrected chi connectivity index (χ0v) is 14.4. The molecule has 2 aliphatic heterocycles. The summed E-state index contributed by atoms with van der Waals surface area (Å²) < 4.78 is 0. The molecular formula is C16H30N2Si. The van der Waals surface area contributed by atoms with Crippen molar-refractivity contribution in [3.63, 3.8) is 0 Å². The van der Waals surface area contributed by atoms with Crippen molar-refractivity contribution < 1.29 is 0 Å². The minimum absolute atomic E-state index is 0.305. The molecule has 3 heteroatoms. The van der Waals surface area contributed by atoms with E-state index in [1.54, 1.807) is 11.1 Å². The maximum absolute atomic E-state index is 5.63. The zero-order valence-electron chi connectivity index (χ0n) is 13.0. The molecule has 0 aliphatic carbocycles. The van der Waals surface area contributed by atoms with Crippen LogP contribution in [0.4, 0.5) is 0 Å². The highest BCUT2D eigenvalue weighted by atomic mass is 28.2. The number of rotatable bonds is 1. The van der Waals surface area contributed by atoms with Gasteiger partial charge in [0, 0.05) is 21.4 Å². The van der Waals surface area contributed by atoms with Gasteiger partial charge in [-0.05, 0) is 35.9 Å². The molecule has 2 nitrogen and oxygen atoms in total. The number of allylic oxidation sites excluding steroid dienone is 5. The Morgan fingerprint density at radius 2 is 2.11 bits per heavy atom. The van der Waals surface area contributed by atoms with Crippen LogP contribution < -0.4 is 5.84 Å². The number of nitrogens with two attached hydrogens (primary N) is 1. The molecule has 2 N–H and O–H groups in total. The normalized spacial score (nSPS) is 26.5. The first kappa shape index (κ1) is 16.3. The Kier molecular flexibility index (Phi) is 6.59. The van der Waals surface area contributed by atoms with E-state index in [0.717, 1.165) is 23.1 Å². The van der Waals surface area contributed by atoms with Gasteiger partial charge in [0.25, 0.3) is 0 Å². The summed E-state index contributed by atoms with van der Waals surface area (Å²) in [6, 6.07) is 1.59. The lowest BCUT2D eigenvalue weighted by Gasteiger charge is -2.32. The van der Waals surface area contributed by atoms with Crippen LogP contribution in [-0.2, 0) is 0 Å². The van der Waals surface area contributed by atoms with Gasteiger partial charge in [-0.25, -0.2) is 5.84 Å². The Morgan fingerprint density at radius 3 is 2.63 bits per heavy atom. The lowest BCUT2D eigenvalue weighted by atomic mass is 9.95. The van der Waals surface area contributed by atoms with Gasteiger partial charge in [0.15, 0.2) is 0 Å². The van der Waals surface area contributed by atoms with Crippen LogP contribution in [0.25, 0.3) is 0 Å². The predicted octanol–water partition coefficient (Wildman–Crippen LogP) is 3.74. The maximum atomic E-state index is 5.63. The molecule has 1 saturated heterocycles. The van der Waals surface area contributed by atoms with Crippen molar-refractivity contribution >= 4 is 9.52 Å². The summed E-state index contributed by atoms with van der Waals surface area (Å²) in [4.78, 5) is 0. The van der Waals surface area contributed by atoms with Crippen molar-refractivity contribution in [1.82, 2.24) is 5.01 Å². The average molecular weight is 279 g/mol. The van der Waals surface area contributed by atoms with Gasteiger partial charge >= 0.3 is 0 Å². The molecule has 1 unspecified atom stereocenters. The average Bonchev–Trinajstić information content (AvgIpc) is 2.52. The molecule has 1 fully saturated rings. The molecule has 1 atom stereocenters. The molecule has 0 aromatic rings. The first-order valence-corrected chi connectivity index (χ1v) is 9.23. The van der Waals surface area contributed by atoms with Crippen molar-refractivity contribution in [2.24, 2.45) is 11.8 Å². The van der Waals surface area contributed by atoms with Gasteiger partial charge in [-0.1, -0.05) is 52.3 Å². The van der Waals surface area contributed by atoms with Crippen molar-refractivity contribution in [3.8, 4) is 0 Å². The molecule has 0 spiro atoms. The first-order chi connectivity index (χ1) is 8.94. The van der Waals surface area contributed by atoms with E-state index in [0.29, 0.717) is 9.52 Å². The van der Waals surface area contributed by atoms with Gasteiger partial charge in [0.1, 0.15) is 0 Å². The van der Waals surface area contributed by atoms with Crippen molar-refractivity contribution in [2.75, 3.05) is 0 Å². The topological polar surface area (TPSA) is 29.3 Å². The van der Waals surface area contributed by atoms with Gasteiger partial charge in [-0.15, -0.1) is 0 Å². The van der Waals surface area contributed by atoms with E-state index < -0.39 is 0 Å². The van der Waals surface area contributed by atoms with Gasteiger partial charge in [0.2, 0.25) is 0 Å². The van der Waals surface area contributed by atoms with Crippen LogP contribution in [0.2, 0.25) is 11.1 Å². The van der Waals surface area contributed by atoms with E-state index in [9.17, 15) is 0 Å². The zero-order chi connectivity index (χ0) is 14.3. The minimum Gasteiger partial charge on any atom is -0.291 e. The molecule has 0 amide bonds. The van der Waals surface area contributed by atoms with Crippen LogP contribution >= 0.6 is 0 Å². The Balaban J connectivity index is 0.000000191. The largest absolute Gasteiger partial charge is 0.291 e. The molecule has 2 heterocycles. The summed E-state index contributed by atoms with van der Waals surface area (Å²) in [6.45, 7) is 9.39. The number of hydrogen-bond donors (Lipinski definition) is 1. The predicted molar refractivity (Wildman–Crippen MR) is 88.5 cm³/mol. The number of hydrazine groups is 1. The molecule has 108 valence electrons. The summed E-state index contributed by atoms with van der Waals surface area (Å²) in [5.41, 5.74) is 1.13. The van der Waals surface area contributed by atoms with Gasteiger partial charge in [-0.2, -0.15) is 0 Å². The van der Waals surface area contributed by atoms with E-state index in [1.165, 1.54) is 12.8 Å². The molecule has 0 radical (unpaired) electrons. The number of nitrogens with zero attached hydrogens (tertiary/aromatic N) is 1. The summed E-state index contributed by atoms with van der Waals surface area (Å²) in [5.74, 6) is 6.64. The third kappa shape index (κ3) is 6.26. The fourth-order valence-corrected chi connectivity index (χ4v) is 5.49. The summed E-state index contributed by atoms with van der Waals surface area (Å²) in [6.07, 6.45) is 13.7. The number of hydrogen-bond acceptors (Lipinski definition) is 2. The second-order valence-electron chi connectivity index (χ2n) is 6.51. The third-order valence-electron chi connectivity index (χ3n) is 3.90. The molecule has 0 aromatic heterocycles. The SMILES string of the molecule is CC1CC[SiH2]C(C)(C)C1.CCC1=CC=CC=CN1N. The molecular weight excluding hydrogens is 248 g/mol. The van der Waals surface area contributed by atoms with Crippen molar-refractivity contribution in [2.45, 2.75) is 58.0 Å². The second kappa shape index (κ2) is 7.71. The third-order valence-corrected chi connectivity index (χ3v) is 6.31. The highest BCUT2D eigenvalue weighted by Gasteiger charge is 2.25. The van der Waals surface area contributed by atoms with Crippen molar-refractivity contribution in [3.05, 3.63) is 36.2 Å². The van der Waals surface area contributed by atoms with E-state index in [-0.39, 0.29) is 0 Å². The molecule has 0 saturated carbocycles. The van der Waals surface area contributed by atoms with Crippen LogP contribution in [0.15, 0.2) is 36.2 Å². The first-order valence-electron chi connectivity index (χ1n) is 7.52. The van der Waals surface area contributed by atoms with Crippen LogP contribution in [0, 0.1) is 5.92 Å². The smallest absolute Gasteiger partial charge is 0.0339 e. The van der Waals surface area contributed by atoms with Gasteiger partial charge in [0.05, 0.1) is 0 Å². The fourth-order valence-electron chi connectivity index (χ4n) is 2.93. The summed E-state index contributed by atoms with van der Waals surface area (Å²) in [5, 5.41) is 2.43. The lowest BCUT2D eigenvalue weighted by molar-refractivity contribution is 0.413. The van der Waals surface area contributed by atoms with Crippen molar-refractivity contribution in [1.29, 1.82) is 0 Å². The highest BCUT2D eigenvalue weighted by Crippen LogP contribution is 2.38. The molecule has 2 aliphatic rings. The molecule has 19 heavy (non-hydrogen) atoms. The minimum atomic E-state index is 0.305. The van der Waals surface area contributed by atoms with Crippen LogP contribution in [0.1, 0.15) is 47.0 Å². The standard InChI is InChI=1S/C8H12N2.C8H18Si/c1-2-8-6-4-3-5-7-10(8)9;1-7-4-5-9-8(2,3)6-7/h3-7H,2,9H2,1H3;7H,4-6,9H2,1-3H3. The monoisotopic (exact) mass is 278 g/mol. The fraction of sp³-hybridized carbons (Fsp3) is 0.625. The Hall–Kier alpha value is -0.803. The van der Waals surface area contributed by atoms with E-state index in [2.05, 4.69) is 27.7 Å². The second-order valence-corrected chi connectivity index (χ2v) is 9.63. The lowest BCUT2D eigenvalue weighted by Crippen LogP contribution is -2.23. The maximum Gasteiger partial charge on any atom is 0.0339 e. The van der Waals surface area contributed by atoms with E-state index >= 15 is 0 Å². The Bertz CT molecular complexity index is 356. The molecule has 2 rings (SSSR count). The van der Waals surface area contributed by atoms with Crippen LogP contribution in [-0.4, -0.2) is 14.5 Å². The summed E-state index contributed by atoms with van der Waals surface area (Å²) in [7, 11) is 0.305. The highest BCUT2D eigenvalue weighted by molar-refractivity contribution is 6.40. The Labute approximate surface area is 121 Å². The quantitative estimate of drug-likeness (QED) is 0.585. The molecule has 0 bridgehead atoms. The van der Waals surface area contributed by atoms with E-state index in [1.807, 2.05) is 30.5 Å². The van der Waals surface area contributed by atoms with Gasteiger partial charge < -0.3 is 0 Å². The van der Waals surface area contributed by atoms with Crippen LogP contribution in [0.3, 0.4) is 0 Å². The molecule has 0 aromatic carbocycles.